The molecular weight excluding hydrogens is 206 g/mol. The predicted octanol–water partition coefficient (Wildman–Crippen LogP) is 0.941. The van der Waals surface area contributed by atoms with Gasteiger partial charge in [0.2, 0.25) is 11.8 Å². The van der Waals surface area contributed by atoms with Gasteiger partial charge in [-0.05, 0) is 12.8 Å². The Morgan fingerprint density at radius 2 is 2.12 bits per heavy atom. The van der Waals surface area contributed by atoms with Crippen LogP contribution in [-0.2, 0) is 0 Å². The third-order valence-electron chi connectivity index (χ3n) is 2.83. The van der Waals surface area contributed by atoms with Gasteiger partial charge in [0.1, 0.15) is 0 Å². The molecule has 0 aliphatic rings. The third kappa shape index (κ3) is 2.95. The molecule has 90 valence electrons. The molecule has 1 atom stereocenters. The van der Waals surface area contributed by atoms with Gasteiger partial charge in [0, 0.05) is 6.04 Å². The number of carbonyl (C=O) groups is 1. The lowest BCUT2D eigenvalue weighted by Gasteiger charge is -2.21. The molecule has 0 aliphatic carbocycles. The first-order valence-electron chi connectivity index (χ1n) is 5.57. The minimum absolute atomic E-state index is 0.0836. The molecule has 1 aromatic heterocycles. The maximum atomic E-state index is 11.7. The fraction of sp³-hybridized carbons (Fsp3) is 0.700. The smallest absolute Gasteiger partial charge is 0.288 e. The monoisotopic (exact) mass is 225 g/mol. The van der Waals surface area contributed by atoms with Gasteiger partial charge in [0.05, 0.1) is 0 Å². The Kier molecular flexibility index (Phi) is 4.28. The van der Waals surface area contributed by atoms with E-state index in [4.69, 9.17) is 5.73 Å². The summed E-state index contributed by atoms with van der Waals surface area (Å²) in [5.74, 6) is 0.462. The van der Waals surface area contributed by atoms with Crippen LogP contribution in [0, 0.1) is 5.92 Å². The van der Waals surface area contributed by atoms with E-state index in [1.807, 2.05) is 6.92 Å². The molecule has 0 aromatic carbocycles. The Labute approximate surface area is 95.0 Å². The van der Waals surface area contributed by atoms with Crippen LogP contribution < -0.4 is 11.1 Å². The number of nitrogens with zero attached hydrogens (tertiary/aromatic N) is 2. The van der Waals surface area contributed by atoms with Crippen LogP contribution in [0.4, 0.5) is 5.95 Å². The zero-order chi connectivity index (χ0) is 12.1. The summed E-state index contributed by atoms with van der Waals surface area (Å²) >= 11 is 0. The number of anilines is 1. The zero-order valence-corrected chi connectivity index (χ0v) is 9.95. The minimum Gasteiger partial charge on any atom is -0.366 e. The summed E-state index contributed by atoms with van der Waals surface area (Å²) < 4.78 is 0. The van der Waals surface area contributed by atoms with Gasteiger partial charge in [-0.15, -0.1) is 5.10 Å². The molecule has 16 heavy (non-hydrogen) atoms. The van der Waals surface area contributed by atoms with Crippen molar-refractivity contribution in [2.24, 2.45) is 5.92 Å². The van der Waals surface area contributed by atoms with Gasteiger partial charge in [-0.1, -0.05) is 26.7 Å². The van der Waals surface area contributed by atoms with Crippen molar-refractivity contribution in [2.75, 3.05) is 5.73 Å². The van der Waals surface area contributed by atoms with Crippen molar-refractivity contribution in [1.82, 2.24) is 20.5 Å². The lowest BCUT2D eigenvalue weighted by Crippen LogP contribution is -2.38. The summed E-state index contributed by atoms with van der Waals surface area (Å²) in [5.41, 5.74) is 5.33. The first-order chi connectivity index (χ1) is 7.58. The van der Waals surface area contributed by atoms with Crippen LogP contribution in [0.15, 0.2) is 0 Å². The molecule has 0 saturated carbocycles. The highest BCUT2D eigenvalue weighted by Gasteiger charge is 2.18. The first kappa shape index (κ1) is 12.5. The molecule has 0 radical (unpaired) electrons. The van der Waals surface area contributed by atoms with Crippen LogP contribution in [0.5, 0.6) is 0 Å². The Morgan fingerprint density at radius 1 is 1.50 bits per heavy atom. The molecule has 0 aliphatic heterocycles. The number of rotatable bonds is 5. The highest BCUT2D eigenvalue weighted by molar-refractivity contribution is 5.90. The van der Waals surface area contributed by atoms with Gasteiger partial charge in [0.15, 0.2) is 0 Å². The second-order valence-corrected chi connectivity index (χ2v) is 3.88. The number of carbonyl (C=O) groups excluding carboxylic acids is 1. The van der Waals surface area contributed by atoms with Gasteiger partial charge in [-0.25, -0.2) is 0 Å². The van der Waals surface area contributed by atoms with E-state index in [-0.39, 0.29) is 23.7 Å². The number of nitrogens with one attached hydrogen (secondary N) is 2. The van der Waals surface area contributed by atoms with E-state index in [1.54, 1.807) is 0 Å². The lowest BCUT2D eigenvalue weighted by molar-refractivity contribution is 0.0915. The predicted molar refractivity (Wildman–Crippen MR) is 61.8 cm³/mol. The Bertz CT molecular complexity index is 345. The fourth-order valence-electron chi connectivity index (χ4n) is 1.77. The van der Waals surface area contributed by atoms with Crippen LogP contribution in [0.3, 0.4) is 0 Å². The van der Waals surface area contributed by atoms with Crippen LogP contribution in [-0.4, -0.2) is 27.1 Å². The van der Waals surface area contributed by atoms with Gasteiger partial charge >= 0.3 is 0 Å². The molecule has 1 unspecified atom stereocenters. The quantitative estimate of drug-likeness (QED) is 0.694. The Morgan fingerprint density at radius 3 is 2.56 bits per heavy atom. The molecule has 1 aromatic rings. The van der Waals surface area contributed by atoms with Crippen molar-refractivity contribution < 1.29 is 4.79 Å². The van der Waals surface area contributed by atoms with Crippen molar-refractivity contribution in [3.05, 3.63) is 5.82 Å². The summed E-state index contributed by atoms with van der Waals surface area (Å²) in [4.78, 5) is 15.5. The average molecular weight is 225 g/mol. The van der Waals surface area contributed by atoms with Crippen molar-refractivity contribution >= 4 is 11.9 Å². The maximum Gasteiger partial charge on any atom is 0.288 e. The summed E-state index contributed by atoms with van der Waals surface area (Å²) in [5, 5.41) is 8.98. The number of amides is 1. The van der Waals surface area contributed by atoms with E-state index >= 15 is 0 Å². The zero-order valence-electron chi connectivity index (χ0n) is 9.95. The van der Waals surface area contributed by atoms with Crippen molar-refractivity contribution in [3.63, 3.8) is 0 Å². The summed E-state index contributed by atoms with van der Waals surface area (Å²) in [7, 11) is 0. The molecule has 6 heteroatoms. The highest BCUT2D eigenvalue weighted by atomic mass is 16.2. The van der Waals surface area contributed by atoms with Gasteiger partial charge in [-0.2, -0.15) is 4.98 Å². The summed E-state index contributed by atoms with van der Waals surface area (Å²) in [6.07, 6.45) is 2.08. The topological polar surface area (TPSA) is 96.7 Å². The standard InChI is InChI=1S/C10H19N5O/c1-4-7(5-2)6(3)12-9(16)8-13-10(11)15-14-8/h6-7H,4-5H2,1-3H3,(H,12,16)(H3,11,13,14,15). The number of aromatic amines is 1. The van der Waals surface area contributed by atoms with Crippen molar-refractivity contribution in [2.45, 2.75) is 39.7 Å². The number of nitrogen functional groups attached to an aromatic ring is 1. The molecular formula is C10H19N5O. The first-order valence-corrected chi connectivity index (χ1v) is 5.57. The third-order valence-corrected chi connectivity index (χ3v) is 2.83. The molecule has 1 amide bonds. The fourth-order valence-corrected chi connectivity index (χ4v) is 1.77. The molecule has 0 spiro atoms. The normalized spacial score (nSPS) is 12.8. The summed E-state index contributed by atoms with van der Waals surface area (Å²) in [6, 6.07) is 0.119. The number of aromatic nitrogens is 3. The number of hydrogen-bond donors (Lipinski definition) is 3. The van der Waals surface area contributed by atoms with E-state index in [1.165, 1.54) is 0 Å². The SMILES string of the molecule is CCC(CC)C(C)NC(=O)c1nc(N)n[nH]1. The molecule has 4 N–H and O–H groups in total. The Hall–Kier alpha value is -1.59. The van der Waals surface area contributed by atoms with Crippen molar-refractivity contribution in [3.8, 4) is 0 Å². The molecule has 6 nitrogen and oxygen atoms in total. The van der Waals surface area contributed by atoms with Crippen LogP contribution in [0.25, 0.3) is 0 Å². The molecule has 1 rings (SSSR count). The molecule has 0 bridgehead atoms. The van der Waals surface area contributed by atoms with E-state index in [2.05, 4.69) is 34.3 Å². The highest BCUT2D eigenvalue weighted by Crippen LogP contribution is 2.12. The summed E-state index contributed by atoms with van der Waals surface area (Å²) in [6.45, 7) is 6.22. The molecule has 1 heterocycles. The maximum absolute atomic E-state index is 11.7. The number of H-pyrrole nitrogens is 1. The largest absolute Gasteiger partial charge is 0.366 e. The second-order valence-electron chi connectivity index (χ2n) is 3.88. The van der Waals surface area contributed by atoms with Gasteiger partial charge in [-0.3, -0.25) is 9.89 Å². The van der Waals surface area contributed by atoms with E-state index in [9.17, 15) is 4.79 Å². The van der Waals surface area contributed by atoms with Crippen LogP contribution >= 0.6 is 0 Å². The minimum atomic E-state index is -0.261. The number of nitrogens with two attached hydrogens (primary N) is 1. The molecule has 0 fully saturated rings. The van der Waals surface area contributed by atoms with E-state index in [0.29, 0.717) is 5.92 Å². The average Bonchev–Trinajstić information content (AvgIpc) is 2.66. The molecule has 0 saturated heterocycles. The number of hydrogen-bond acceptors (Lipinski definition) is 4. The van der Waals surface area contributed by atoms with Crippen LogP contribution in [0.1, 0.15) is 44.2 Å². The van der Waals surface area contributed by atoms with E-state index in [0.717, 1.165) is 12.8 Å². The van der Waals surface area contributed by atoms with E-state index < -0.39 is 0 Å². The van der Waals surface area contributed by atoms with Crippen LogP contribution in [0.2, 0.25) is 0 Å². The van der Waals surface area contributed by atoms with Gasteiger partial charge in [0.25, 0.3) is 5.91 Å². The van der Waals surface area contributed by atoms with Crippen molar-refractivity contribution in [1.29, 1.82) is 0 Å². The van der Waals surface area contributed by atoms with Gasteiger partial charge < -0.3 is 11.1 Å². The Balaban J connectivity index is 2.57. The lowest BCUT2D eigenvalue weighted by atomic mass is 9.95. The second kappa shape index (κ2) is 5.48.